The molecule has 42 heavy (non-hydrogen) atoms. The Balaban J connectivity index is 0.00000148. The van der Waals surface area contributed by atoms with Gasteiger partial charge in [-0.2, -0.15) is 26.3 Å². The molecule has 0 saturated carbocycles. The number of carbonyl (C=O) groups excluding carboxylic acids is 3. The summed E-state index contributed by atoms with van der Waals surface area (Å²) in [4.78, 5) is 42.1. The monoisotopic (exact) mass is 623 g/mol. The second kappa shape index (κ2) is 14.6. The van der Waals surface area contributed by atoms with Crippen LogP contribution in [0.5, 0.6) is 0 Å². The molecule has 0 radical (unpaired) electrons. The summed E-state index contributed by atoms with van der Waals surface area (Å²) in [6, 6.07) is 7.04. The van der Waals surface area contributed by atoms with Crippen molar-refractivity contribution in [2.24, 2.45) is 5.73 Å². The standard InChI is InChI=1S/C24H21ClF6N4O3.C2H6.CH5N/c25-18-3-1-14(2-4-18)11-33-12-19-34(6-5-20(36)35(19)13-21(33)37)22(38)32-10-15-7-16(23(26,27)28)9-17(8-15)24(29,30)31;2*1-2/h1-4,7-9,19H,5-6,10-13H2,(H,32,38);1-2H3;2H2,1H3. The van der Waals surface area contributed by atoms with Crippen LogP contribution in [0.1, 0.15) is 42.5 Å². The lowest BCUT2D eigenvalue weighted by Crippen LogP contribution is -2.68. The molecule has 2 aliphatic heterocycles. The second-order valence-electron chi connectivity index (χ2n) is 8.92. The van der Waals surface area contributed by atoms with Crippen molar-refractivity contribution in [3.05, 3.63) is 69.7 Å². The third kappa shape index (κ3) is 8.74. The molecule has 2 aromatic carbocycles. The Morgan fingerprint density at radius 3 is 2.00 bits per heavy atom. The molecule has 2 heterocycles. The Bertz CT molecular complexity index is 1210. The first-order valence-corrected chi connectivity index (χ1v) is 13.3. The first kappa shape index (κ1) is 34.7. The molecule has 4 rings (SSSR count). The molecule has 15 heteroatoms. The van der Waals surface area contributed by atoms with Crippen LogP contribution in [-0.2, 0) is 35.0 Å². The molecular weight excluding hydrogens is 592 g/mol. The molecule has 1 unspecified atom stereocenters. The highest BCUT2D eigenvalue weighted by Crippen LogP contribution is 2.36. The average Bonchev–Trinajstić information content (AvgIpc) is 2.95. The van der Waals surface area contributed by atoms with Crippen LogP contribution in [0.15, 0.2) is 42.5 Å². The van der Waals surface area contributed by atoms with Gasteiger partial charge in [0.25, 0.3) is 0 Å². The summed E-state index contributed by atoms with van der Waals surface area (Å²) in [6.45, 7) is 3.24. The first-order valence-electron chi connectivity index (χ1n) is 12.9. The molecule has 8 nitrogen and oxygen atoms in total. The van der Waals surface area contributed by atoms with Gasteiger partial charge in [-0.15, -0.1) is 0 Å². The molecule has 3 N–H and O–H groups in total. The molecule has 2 aliphatic rings. The van der Waals surface area contributed by atoms with Gasteiger partial charge in [0.15, 0.2) is 0 Å². The summed E-state index contributed by atoms with van der Waals surface area (Å²) in [6.07, 6.45) is -11.0. The third-order valence-electron chi connectivity index (χ3n) is 6.29. The molecule has 0 aromatic heterocycles. The van der Waals surface area contributed by atoms with Crippen molar-refractivity contribution in [3.8, 4) is 0 Å². The molecular formula is C27H32ClF6N5O3. The van der Waals surface area contributed by atoms with Gasteiger partial charge in [0.2, 0.25) is 11.8 Å². The van der Waals surface area contributed by atoms with E-state index in [1.165, 1.54) is 21.7 Å². The number of benzene rings is 2. The van der Waals surface area contributed by atoms with Crippen LogP contribution >= 0.6 is 11.6 Å². The number of carbonyl (C=O) groups is 3. The van der Waals surface area contributed by atoms with E-state index < -0.39 is 47.8 Å². The zero-order valence-electron chi connectivity index (χ0n) is 23.2. The van der Waals surface area contributed by atoms with Crippen molar-refractivity contribution in [1.29, 1.82) is 0 Å². The van der Waals surface area contributed by atoms with Gasteiger partial charge in [0.05, 0.1) is 17.7 Å². The molecule has 2 fully saturated rings. The number of hydrogen-bond acceptors (Lipinski definition) is 4. The van der Waals surface area contributed by atoms with Crippen LogP contribution in [0.25, 0.3) is 0 Å². The first-order chi connectivity index (χ1) is 19.7. The number of piperazine rings is 1. The van der Waals surface area contributed by atoms with Crippen molar-refractivity contribution < 1.29 is 40.7 Å². The minimum atomic E-state index is -5.02. The Morgan fingerprint density at radius 1 is 0.929 bits per heavy atom. The van der Waals surface area contributed by atoms with Gasteiger partial charge < -0.3 is 25.8 Å². The molecule has 4 amide bonds. The largest absolute Gasteiger partial charge is 0.416 e. The lowest BCUT2D eigenvalue weighted by molar-refractivity contribution is -0.159. The summed E-state index contributed by atoms with van der Waals surface area (Å²) in [7, 11) is 1.50. The van der Waals surface area contributed by atoms with Crippen molar-refractivity contribution in [1.82, 2.24) is 20.0 Å². The van der Waals surface area contributed by atoms with Gasteiger partial charge in [-0.3, -0.25) is 9.59 Å². The number of halogens is 7. The fourth-order valence-corrected chi connectivity index (χ4v) is 4.50. The average molecular weight is 624 g/mol. The van der Waals surface area contributed by atoms with Crippen LogP contribution in [-0.4, -0.2) is 65.4 Å². The minimum Gasteiger partial charge on any atom is -0.334 e. The van der Waals surface area contributed by atoms with Gasteiger partial charge in [0.1, 0.15) is 12.7 Å². The number of hydrogen-bond donors (Lipinski definition) is 2. The number of nitrogens with two attached hydrogens (primary N) is 1. The zero-order chi connectivity index (χ0) is 31.8. The maximum absolute atomic E-state index is 13.2. The number of fused-ring (bicyclic) bond motifs is 1. The maximum Gasteiger partial charge on any atom is 0.416 e. The van der Waals surface area contributed by atoms with Gasteiger partial charge in [-0.05, 0) is 48.5 Å². The number of urea groups is 1. The smallest absolute Gasteiger partial charge is 0.334 e. The molecule has 0 spiro atoms. The number of alkyl halides is 6. The summed E-state index contributed by atoms with van der Waals surface area (Å²) in [5.41, 5.74) is 1.89. The predicted octanol–water partition coefficient (Wildman–Crippen LogP) is 5.09. The van der Waals surface area contributed by atoms with Crippen LogP contribution < -0.4 is 11.1 Å². The fraction of sp³-hybridized carbons (Fsp3) is 0.444. The van der Waals surface area contributed by atoms with E-state index in [0.717, 1.165) is 5.56 Å². The molecule has 2 aromatic rings. The minimum absolute atomic E-state index is 0.00769. The van der Waals surface area contributed by atoms with Crippen LogP contribution in [0.3, 0.4) is 0 Å². The van der Waals surface area contributed by atoms with Gasteiger partial charge in [-0.25, -0.2) is 4.79 Å². The van der Waals surface area contributed by atoms with E-state index in [4.69, 9.17) is 11.6 Å². The number of nitrogens with zero attached hydrogens (tertiary/aromatic N) is 3. The van der Waals surface area contributed by atoms with E-state index in [0.29, 0.717) is 17.2 Å². The van der Waals surface area contributed by atoms with Crippen molar-refractivity contribution in [3.63, 3.8) is 0 Å². The lowest BCUT2D eigenvalue weighted by Gasteiger charge is -2.48. The summed E-state index contributed by atoms with van der Waals surface area (Å²) >= 11 is 5.89. The summed E-state index contributed by atoms with van der Waals surface area (Å²) < 4.78 is 78.9. The quantitative estimate of drug-likeness (QED) is 0.464. The van der Waals surface area contributed by atoms with Crippen molar-refractivity contribution >= 4 is 29.4 Å². The summed E-state index contributed by atoms with van der Waals surface area (Å²) in [5, 5.41) is 2.86. The number of rotatable bonds is 4. The molecule has 0 bridgehead atoms. The maximum atomic E-state index is 13.2. The van der Waals surface area contributed by atoms with E-state index in [1.807, 2.05) is 13.8 Å². The molecule has 0 aliphatic carbocycles. The van der Waals surface area contributed by atoms with E-state index in [9.17, 15) is 40.7 Å². The van der Waals surface area contributed by atoms with Gasteiger partial charge in [0, 0.05) is 31.1 Å². The topological polar surface area (TPSA) is 99.0 Å². The van der Waals surface area contributed by atoms with E-state index in [2.05, 4.69) is 11.1 Å². The zero-order valence-corrected chi connectivity index (χ0v) is 23.9. The van der Waals surface area contributed by atoms with Gasteiger partial charge >= 0.3 is 18.4 Å². The van der Waals surface area contributed by atoms with E-state index in [1.54, 1.807) is 24.3 Å². The lowest BCUT2D eigenvalue weighted by atomic mass is 10.0. The fourth-order valence-electron chi connectivity index (χ4n) is 4.38. The highest BCUT2D eigenvalue weighted by molar-refractivity contribution is 6.30. The Kier molecular flexibility index (Phi) is 12.0. The van der Waals surface area contributed by atoms with Crippen molar-refractivity contribution in [2.75, 3.05) is 26.7 Å². The Labute approximate surface area is 244 Å². The van der Waals surface area contributed by atoms with Crippen LogP contribution in [0.2, 0.25) is 5.02 Å². The summed E-state index contributed by atoms with van der Waals surface area (Å²) in [5.74, 6) is -0.679. The normalized spacial score (nSPS) is 17.0. The Hall–Kier alpha value is -3.52. The van der Waals surface area contributed by atoms with Crippen LogP contribution in [0, 0.1) is 0 Å². The number of amides is 4. The highest BCUT2D eigenvalue weighted by Gasteiger charge is 2.43. The molecule has 2 saturated heterocycles. The predicted molar refractivity (Wildman–Crippen MR) is 144 cm³/mol. The third-order valence-corrected chi connectivity index (χ3v) is 6.54. The van der Waals surface area contributed by atoms with Gasteiger partial charge in [-0.1, -0.05) is 37.6 Å². The Morgan fingerprint density at radius 2 is 1.48 bits per heavy atom. The molecule has 1 atom stereocenters. The van der Waals surface area contributed by atoms with Crippen LogP contribution in [0.4, 0.5) is 31.1 Å². The van der Waals surface area contributed by atoms with E-state index >= 15 is 0 Å². The molecule has 232 valence electrons. The second-order valence-corrected chi connectivity index (χ2v) is 9.36. The van der Waals surface area contributed by atoms with Crippen molar-refractivity contribution in [2.45, 2.75) is 51.9 Å². The SMILES string of the molecule is CC.CN.O=C1CN2C(=O)CCN(C(=O)NCc3cc(C(F)(F)F)cc(C(F)(F)F)c3)C2CN1Cc1ccc(Cl)cc1. The highest BCUT2D eigenvalue weighted by atomic mass is 35.5. The van der Waals surface area contributed by atoms with E-state index in [-0.39, 0.29) is 50.5 Å². The number of nitrogens with one attached hydrogen (secondary N) is 1.